The summed E-state index contributed by atoms with van der Waals surface area (Å²) in [7, 11) is -3.19. The van der Waals surface area contributed by atoms with Crippen molar-refractivity contribution in [2.75, 3.05) is 12.9 Å². The van der Waals surface area contributed by atoms with Crippen LogP contribution in [-0.4, -0.2) is 30.8 Å². The Balaban J connectivity index is 1.71. The summed E-state index contributed by atoms with van der Waals surface area (Å²) >= 11 is 0. The number of benzene rings is 2. The lowest BCUT2D eigenvalue weighted by atomic mass is 10.2. The summed E-state index contributed by atoms with van der Waals surface area (Å²) in [6, 6.07) is 16.4. The second-order valence-corrected chi connectivity index (χ2v) is 7.42. The van der Waals surface area contributed by atoms with Gasteiger partial charge in [0.25, 0.3) is 0 Å². The van der Waals surface area contributed by atoms with Crippen molar-refractivity contribution in [2.45, 2.75) is 11.4 Å². The van der Waals surface area contributed by atoms with E-state index in [9.17, 15) is 8.42 Å². The van der Waals surface area contributed by atoms with E-state index in [4.69, 9.17) is 4.74 Å². The number of hydrogen-bond acceptors (Lipinski definition) is 4. The second-order valence-electron chi connectivity index (χ2n) is 5.40. The van der Waals surface area contributed by atoms with E-state index in [1.165, 1.54) is 6.26 Å². The van der Waals surface area contributed by atoms with Crippen LogP contribution in [0.15, 0.2) is 71.9 Å². The van der Waals surface area contributed by atoms with Crippen LogP contribution in [-0.2, 0) is 16.4 Å². The summed E-state index contributed by atoms with van der Waals surface area (Å²) in [5.41, 5.74) is 0.868. The molecule has 0 atom stereocenters. The van der Waals surface area contributed by atoms with Crippen LogP contribution >= 0.6 is 0 Å². The van der Waals surface area contributed by atoms with Crippen molar-refractivity contribution in [3.05, 3.63) is 67.0 Å². The highest BCUT2D eigenvalue weighted by Gasteiger charge is 2.10. The van der Waals surface area contributed by atoms with Gasteiger partial charge in [-0.3, -0.25) is 0 Å². The standard InChI is InChI=1S/C18H18N2O3S/c1-24(21,22)17-9-7-15(8-10-17)18-19-11-12-20(18)13-14-23-16-5-3-2-4-6-16/h2-12H,13-14H2,1H3. The first-order chi connectivity index (χ1) is 11.5. The van der Waals surface area contributed by atoms with Gasteiger partial charge in [-0.25, -0.2) is 13.4 Å². The molecule has 2 aromatic carbocycles. The minimum Gasteiger partial charge on any atom is -0.492 e. The molecule has 1 aromatic heterocycles. The van der Waals surface area contributed by atoms with E-state index in [-0.39, 0.29) is 0 Å². The molecule has 0 saturated carbocycles. The molecule has 0 unspecified atom stereocenters. The molecular weight excluding hydrogens is 324 g/mol. The lowest BCUT2D eigenvalue weighted by Crippen LogP contribution is -2.08. The van der Waals surface area contributed by atoms with E-state index < -0.39 is 9.84 Å². The fraction of sp³-hybridized carbons (Fsp3) is 0.167. The average Bonchev–Trinajstić information content (AvgIpc) is 3.04. The number of para-hydroxylation sites is 1. The van der Waals surface area contributed by atoms with Gasteiger partial charge in [0.1, 0.15) is 18.2 Å². The monoisotopic (exact) mass is 342 g/mol. The third-order valence-electron chi connectivity index (χ3n) is 3.60. The highest BCUT2D eigenvalue weighted by atomic mass is 32.2. The van der Waals surface area contributed by atoms with Gasteiger partial charge in [0.05, 0.1) is 11.4 Å². The Morgan fingerprint density at radius 3 is 2.42 bits per heavy atom. The Kier molecular flexibility index (Phi) is 4.66. The van der Waals surface area contributed by atoms with Crippen LogP contribution in [0.4, 0.5) is 0 Å². The minimum atomic E-state index is -3.19. The van der Waals surface area contributed by atoms with Crippen molar-refractivity contribution >= 4 is 9.84 Å². The van der Waals surface area contributed by atoms with Crippen LogP contribution < -0.4 is 4.74 Å². The fourth-order valence-corrected chi connectivity index (χ4v) is 3.01. The summed E-state index contributed by atoms with van der Waals surface area (Å²) in [5.74, 6) is 1.61. The van der Waals surface area contributed by atoms with Crippen molar-refractivity contribution < 1.29 is 13.2 Å². The normalized spacial score (nSPS) is 11.4. The predicted octanol–water partition coefficient (Wildman–Crippen LogP) is 3.03. The first kappa shape index (κ1) is 16.3. The van der Waals surface area contributed by atoms with Crippen LogP contribution in [0.1, 0.15) is 0 Å². The van der Waals surface area contributed by atoms with Gasteiger partial charge < -0.3 is 9.30 Å². The number of imidazole rings is 1. The molecule has 124 valence electrons. The largest absolute Gasteiger partial charge is 0.492 e. The highest BCUT2D eigenvalue weighted by molar-refractivity contribution is 7.90. The van der Waals surface area contributed by atoms with Crippen LogP contribution in [0, 0.1) is 0 Å². The molecule has 0 spiro atoms. The number of aromatic nitrogens is 2. The maximum absolute atomic E-state index is 11.5. The van der Waals surface area contributed by atoms with Crippen molar-refractivity contribution in [1.82, 2.24) is 9.55 Å². The third-order valence-corrected chi connectivity index (χ3v) is 4.73. The quantitative estimate of drug-likeness (QED) is 0.691. The Morgan fingerprint density at radius 2 is 1.75 bits per heavy atom. The zero-order valence-corrected chi connectivity index (χ0v) is 14.1. The molecule has 0 saturated heterocycles. The van der Waals surface area contributed by atoms with E-state index in [0.29, 0.717) is 18.0 Å². The molecule has 5 nitrogen and oxygen atoms in total. The topological polar surface area (TPSA) is 61.2 Å². The SMILES string of the molecule is CS(=O)(=O)c1ccc(-c2nccn2CCOc2ccccc2)cc1. The highest BCUT2D eigenvalue weighted by Crippen LogP contribution is 2.20. The Bertz CT molecular complexity index is 901. The molecule has 0 fully saturated rings. The molecule has 3 rings (SSSR count). The van der Waals surface area contributed by atoms with E-state index in [1.54, 1.807) is 30.5 Å². The van der Waals surface area contributed by atoms with Crippen molar-refractivity contribution in [2.24, 2.45) is 0 Å². The van der Waals surface area contributed by atoms with Crippen LogP contribution in [0.5, 0.6) is 5.75 Å². The maximum Gasteiger partial charge on any atom is 0.175 e. The zero-order chi connectivity index (χ0) is 17.0. The smallest absolute Gasteiger partial charge is 0.175 e. The minimum absolute atomic E-state index is 0.303. The van der Waals surface area contributed by atoms with Crippen molar-refractivity contribution in [3.8, 4) is 17.1 Å². The van der Waals surface area contributed by atoms with Crippen LogP contribution in [0.25, 0.3) is 11.4 Å². The van der Waals surface area contributed by atoms with Gasteiger partial charge in [-0.1, -0.05) is 18.2 Å². The Hall–Kier alpha value is -2.60. The molecule has 6 heteroatoms. The Labute approximate surface area is 141 Å². The first-order valence-electron chi connectivity index (χ1n) is 7.53. The zero-order valence-electron chi connectivity index (χ0n) is 13.3. The number of rotatable bonds is 6. The Morgan fingerprint density at radius 1 is 1.04 bits per heavy atom. The molecule has 0 amide bonds. The molecule has 0 aliphatic heterocycles. The number of ether oxygens (including phenoxy) is 1. The molecule has 1 heterocycles. The summed E-state index contributed by atoms with van der Waals surface area (Å²) in [6.07, 6.45) is 4.81. The lowest BCUT2D eigenvalue weighted by Gasteiger charge is -2.10. The van der Waals surface area contributed by atoms with Gasteiger partial charge in [-0.2, -0.15) is 0 Å². The maximum atomic E-state index is 11.5. The molecule has 0 bridgehead atoms. The summed E-state index contributed by atoms with van der Waals surface area (Å²) in [6.45, 7) is 1.17. The molecule has 3 aromatic rings. The van der Waals surface area contributed by atoms with Gasteiger partial charge in [0.15, 0.2) is 9.84 Å². The molecule has 0 radical (unpaired) electrons. The second kappa shape index (κ2) is 6.88. The third kappa shape index (κ3) is 3.83. The van der Waals surface area contributed by atoms with E-state index >= 15 is 0 Å². The molecule has 0 aliphatic carbocycles. The molecule has 0 N–H and O–H groups in total. The van der Waals surface area contributed by atoms with Gasteiger partial charge in [-0.05, 0) is 36.4 Å². The summed E-state index contributed by atoms with van der Waals surface area (Å²) in [5, 5.41) is 0. The molecular formula is C18H18N2O3S. The van der Waals surface area contributed by atoms with Crippen molar-refractivity contribution in [3.63, 3.8) is 0 Å². The fourth-order valence-electron chi connectivity index (χ4n) is 2.38. The number of hydrogen-bond donors (Lipinski definition) is 0. The average molecular weight is 342 g/mol. The number of sulfone groups is 1. The lowest BCUT2D eigenvalue weighted by molar-refractivity contribution is 0.299. The van der Waals surface area contributed by atoms with Gasteiger partial charge in [-0.15, -0.1) is 0 Å². The molecule has 0 aliphatic rings. The summed E-state index contributed by atoms with van der Waals surface area (Å²) in [4.78, 5) is 4.66. The number of nitrogens with zero attached hydrogens (tertiary/aromatic N) is 2. The van der Waals surface area contributed by atoms with E-state index in [0.717, 1.165) is 17.1 Å². The molecule has 24 heavy (non-hydrogen) atoms. The van der Waals surface area contributed by atoms with Gasteiger partial charge >= 0.3 is 0 Å². The first-order valence-corrected chi connectivity index (χ1v) is 9.43. The van der Waals surface area contributed by atoms with E-state index in [1.807, 2.05) is 41.1 Å². The van der Waals surface area contributed by atoms with Crippen LogP contribution in [0.3, 0.4) is 0 Å². The van der Waals surface area contributed by atoms with Crippen LogP contribution in [0.2, 0.25) is 0 Å². The summed E-state index contributed by atoms with van der Waals surface area (Å²) < 4.78 is 30.8. The van der Waals surface area contributed by atoms with Gasteiger partial charge in [0, 0.05) is 24.2 Å². The van der Waals surface area contributed by atoms with E-state index in [2.05, 4.69) is 4.98 Å². The van der Waals surface area contributed by atoms with Crippen molar-refractivity contribution in [1.29, 1.82) is 0 Å². The van der Waals surface area contributed by atoms with Gasteiger partial charge in [0.2, 0.25) is 0 Å². The predicted molar refractivity (Wildman–Crippen MR) is 92.7 cm³/mol.